The lowest BCUT2D eigenvalue weighted by atomic mass is 10.0. The van der Waals surface area contributed by atoms with Gasteiger partial charge in [0.25, 0.3) is 0 Å². The minimum Gasteiger partial charge on any atom is -0.326 e. The van der Waals surface area contributed by atoms with E-state index in [0.717, 1.165) is 32.4 Å². The van der Waals surface area contributed by atoms with Crippen molar-refractivity contribution in [3.05, 3.63) is 35.4 Å². The molecule has 0 unspecified atom stereocenters. The summed E-state index contributed by atoms with van der Waals surface area (Å²) < 4.78 is 0. The zero-order valence-corrected chi connectivity index (χ0v) is 11.4. The Morgan fingerprint density at radius 3 is 2.35 bits per heavy atom. The summed E-state index contributed by atoms with van der Waals surface area (Å²) in [6.07, 6.45) is 3.33. The van der Waals surface area contributed by atoms with Crippen LogP contribution in [-0.4, -0.2) is 18.6 Å². The second kappa shape index (κ2) is 6.77. The van der Waals surface area contributed by atoms with Crippen molar-refractivity contribution >= 4 is 0 Å². The van der Waals surface area contributed by atoms with E-state index in [4.69, 9.17) is 5.73 Å². The van der Waals surface area contributed by atoms with Crippen LogP contribution >= 0.6 is 0 Å². The summed E-state index contributed by atoms with van der Waals surface area (Å²) in [7, 11) is 0. The highest BCUT2D eigenvalue weighted by atomic mass is 14.8. The number of hydrogen-bond acceptors (Lipinski definition) is 2. The molecule has 1 aromatic carbocycles. The summed E-state index contributed by atoms with van der Waals surface area (Å²) in [5.74, 6) is 0. The highest BCUT2D eigenvalue weighted by molar-refractivity contribution is 5.21. The van der Waals surface area contributed by atoms with Crippen LogP contribution in [0.5, 0.6) is 0 Å². The van der Waals surface area contributed by atoms with E-state index in [1.54, 1.807) is 0 Å². The van der Waals surface area contributed by atoms with Crippen molar-refractivity contribution < 1.29 is 0 Å². The van der Waals surface area contributed by atoms with Gasteiger partial charge in [-0.2, -0.15) is 0 Å². The predicted octanol–water partition coefficient (Wildman–Crippen LogP) is 2.64. The Morgan fingerprint density at radius 1 is 1.12 bits per heavy atom. The van der Waals surface area contributed by atoms with Crippen LogP contribution in [0.2, 0.25) is 0 Å². The molecular weight excluding hydrogens is 208 g/mol. The van der Waals surface area contributed by atoms with Gasteiger partial charge in [0.2, 0.25) is 0 Å². The summed E-state index contributed by atoms with van der Waals surface area (Å²) >= 11 is 0. The monoisotopic (exact) mass is 234 g/mol. The molecule has 2 heteroatoms. The lowest BCUT2D eigenvalue weighted by molar-refractivity contribution is 0.449. The van der Waals surface area contributed by atoms with E-state index in [1.807, 2.05) is 0 Å². The van der Waals surface area contributed by atoms with E-state index in [0.29, 0.717) is 0 Å². The maximum atomic E-state index is 5.93. The molecule has 0 radical (unpaired) electrons. The van der Waals surface area contributed by atoms with Crippen LogP contribution in [0.15, 0.2) is 24.3 Å². The number of nitrogens with one attached hydrogen (secondary N) is 1. The van der Waals surface area contributed by atoms with Crippen molar-refractivity contribution in [1.29, 1.82) is 0 Å². The van der Waals surface area contributed by atoms with Gasteiger partial charge in [-0.05, 0) is 58.7 Å². The molecule has 0 aliphatic carbocycles. The summed E-state index contributed by atoms with van der Waals surface area (Å²) in [5.41, 5.74) is 8.63. The van der Waals surface area contributed by atoms with Crippen molar-refractivity contribution in [3.63, 3.8) is 0 Å². The van der Waals surface area contributed by atoms with Crippen molar-refractivity contribution in [2.75, 3.05) is 13.1 Å². The SMILES string of the molecule is Cc1ccc(CCNCCCC(C)(C)N)cc1. The van der Waals surface area contributed by atoms with Gasteiger partial charge in [0.05, 0.1) is 0 Å². The molecule has 1 rings (SSSR count). The first-order valence-corrected chi connectivity index (χ1v) is 6.52. The first-order valence-electron chi connectivity index (χ1n) is 6.52. The van der Waals surface area contributed by atoms with E-state index >= 15 is 0 Å². The lowest BCUT2D eigenvalue weighted by Crippen LogP contribution is -2.33. The summed E-state index contributed by atoms with van der Waals surface area (Å²) in [6, 6.07) is 8.76. The Hall–Kier alpha value is -0.860. The number of rotatable bonds is 7. The maximum Gasteiger partial charge on any atom is 0.00975 e. The molecule has 0 aliphatic rings. The van der Waals surface area contributed by atoms with Gasteiger partial charge in [-0.3, -0.25) is 0 Å². The first kappa shape index (κ1) is 14.2. The molecule has 0 spiro atoms. The Bertz CT molecular complexity index is 309. The quantitative estimate of drug-likeness (QED) is 0.712. The molecule has 0 heterocycles. The lowest BCUT2D eigenvalue weighted by Gasteiger charge is -2.17. The molecule has 1 aromatic rings. The smallest absolute Gasteiger partial charge is 0.00975 e. The molecule has 0 amide bonds. The van der Waals surface area contributed by atoms with Crippen LogP contribution in [0, 0.1) is 6.92 Å². The molecule has 0 atom stereocenters. The molecule has 0 fully saturated rings. The van der Waals surface area contributed by atoms with Gasteiger partial charge in [-0.15, -0.1) is 0 Å². The minimum absolute atomic E-state index is 0.0291. The van der Waals surface area contributed by atoms with Gasteiger partial charge in [0.1, 0.15) is 0 Å². The van der Waals surface area contributed by atoms with Crippen LogP contribution in [0.1, 0.15) is 37.8 Å². The Kier molecular flexibility index (Phi) is 5.66. The average molecular weight is 234 g/mol. The van der Waals surface area contributed by atoms with Crippen molar-refractivity contribution in [1.82, 2.24) is 5.32 Å². The van der Waals surface area contributed by atoms with Gasteiger partial charge in [-0.25, -0.2) is 0 Å². The van der Waals surface area contributed by atoms with Gasteiger partial charge in [0, 0.05) is 5.54 Å². The van der Waals surface area contributed by atoms with E-state index in [-0.39, 0.29) is 5.54 Å². The fourth-order valence-corrected chi connectivity index (χ4v) is 1.78. The van der Waals surface area contributed by atoms with Gasteiger partial charge < -0.3 is 11.1 Å². The normalized spacial score (nSPS) is 11.8. The number of hydrogen-bond donors (Lipinski definition) is 2. The number of nitrogens with two attached hydrogens (primary N) is 1. The van der Waals surface area contributed by atoms with Gasteiger partial charge >= 0.3 is 0 Å². The fraction of sp³-hybridized carbons (Fsp3) is 0.600. The third kappa shape index (κ3) is 7.14. The summed E-state index contributed by atoms with van der Waals surface area (Å²) in [4.78, 5) is 0. The molecule has 0 bridgehead atoms. The third-order valence-electron chi connectivity index (χ3n) is 2.89. The molecule has 17 heavy (non-hydrogen) atoms. The second-order valence-corrected chi connectivity index (χ2v) is 5.58. The van der Waals surface area contributed by atoms with Gasteiger partial charge in [0.15, 0.2) is 0 Å². The van der Waals surface area contributed by atoms with Crippen LogP contribution in [0.3, 0.4) is 0 Å². The molecule has 96 valence electrons. The zero-order chi connectivity index (χ0) is 12.7. The third-order valence-corrected chi connectivity index (χ3v) is 2.89. The second-order valence-electron chi connectivity index (χ2n) is 5.58. The van der Waals surface area contributed by atoms with E-state index < -0.39 is 0 Å². The molecule has 0 saturated carbocycles. The highest BCUT2D eigenvalue weighted by Crippen LogP contribution is 2.06. The topological polar surface area (TPSA) is 38.0 Å². The predicted molar refractivity (Wildman–Crippen MR) is 75.3 cm³/mol. The maximum absolute atomic E-state index is 5.93. The van der Waals surface area contributed by atoms with Crippen molar-refractivity contribution in [2.24, 2.45) is 5.73 Å². The molecule has 0 aromatic heterocycles. The van der Waals surface area contributed by atoms with Crippen LogP contribution in [0.4, 0.5) is 0 Å². The molecular formula is C15H26N2. The first-order chi connectivity index (χ1) is 7.97. The van der Waals surface area contributed by atoms with Gasteiger partial charge in [-0.1, -0.05) is 29.8 Å². The fourth-order valence-electron chi connectivity index (χ4n) is 1.78. The highest BCUT2D eigenvalue weighted by Gasteiger charge is 2.08. The average Bonchev–Trinajstić information content (AvgIpc) is 2.24. The number of benzene rings is 1. The van der Waals surface area contributed by atoms with Crippen LogP contribution in [0.25, 0.3) is 0 Å². The van der Waals surface area contributed by atoms with Crippen molar-refractivity contribution in [2.45, 2.75) is 45.6 Å². The Balaban J connectivity index is 2.07. The van der Waals surface area contributed by atoms with Crippen LogP contribution < -0.4 is 11.1 Å². The number of aryl methyl sites for hydroxylation is 1. The molecule has 3 N–H and O–H groups in total. The minimum atomic E-state index is -0.0291. The Labute approximate surface area is 106 Å². The molecule has 2 nitrogen and oxygen atoms in total. The summed E-state index contributed by atoms with van der Waals surface area (Å²) in [5, 5.41) is 3.47. The zero-order valence-electron chi connectivity index (χ0n) is 11.4. The standard InChI is InChI=1S/C15H26N2/c1-13-5-7-14(8-6-13)9-12-17-11-4-10-15(2,3)16/h5-8,17H,4,9-12,16H2,1-3H3. The van der Waals surface area contributed by atoms with E-state index in [9.17, 15) is 0 Å². The summed E-state index contributed by atoms with van der Waals surface area (Å²) in [6.45, 7) is 8.40. The van der Waals surface area contributed by atoms with Crippen molar-refractivity contribution in [3.8, 4) is 0 Å². The van der Waals surface area contributed by atoms with E-state index in [2.05, 4.69) is 50.4 Å². The van der Waals surface area contributed by atoms with E-state index in [1.165, 1.54) is 11.1 Å². The molecule has 0 saturated heterocycles. The largest absolute Gasteiger partial charge is 0.326 e. The van der Waals surface area contributed by atoms with Crippen LogP contribution in [-0.2, 0) is 6.42 Å². The molecule has 0 aliphatic heterocycles. The Morgan fingerprint density at radius 2 is 1.76 bits per heavy atom.